The van der Waals surface area contributed by atoms with Gasteiger partial charge in [-0.3, -0.25) is 9.59 Å². The summed E-state index contributed by atoms with van der Waals surface area (Å²) in [4.78, 5) is 24.3. The van der Waals surface area contributed by atoms with E-state index in [0.717, 1.165) is 38.8 Å². The van der Waals surface area contributed by atoms with Gasteiger partial charge in [-0.1, -0.05) is 12.8 Å². The van der Waals surface area contributed by atoms with E-state index < -0.39 is 0 Å². The van der Waals surface area contributed by atoms with E-state index in [2.05, 4.69) is 0 Å². The van der Waals surface area contributed by atoms with Crippen molar-refractivity contribution in [2.75, 3.05) is 13.1 Å². The Hall–Kier alpha value is -1.06. The van der Waals surface area contributed by atoms with E-state index in [-0.39, 0.29) is 11.8 Å². The van der Waals surface area contributed by atoms with Gasteiger partial charge in [0.25, 0.3) is 0 Å². The van der Waals surface area contributed by atoms with Crippen LogP contribution in [0.5, 0.6) is 0 Å². The third-order valence-electron chi connectivity index (χ3n) is 3.02. The van der Waals surface area contributed by atoms with Crippen molar-refractivity contribution in [3.05, 3.63) is 0 Å². The van der Waals surface area contributed by atoms with E-state index in [9.17, 15) is 9.59 Å². The highest BCUT2D eigenvalue weighted by molar-refractivity contribution is 5.76. The first-order chi connectivity index (χ1) is 7.70. The van der Waals surface area contributed by atoms with E-state index in [0.29, 0.717) is 12.8 Å². The van der Waals surface area contributed by atoms with Gasteiger partial charge in [-0.05, 0) is 25.7 Å². The Morgan fingerprint density at radius 3 is 2.06 bits per heavy atom. The molecule has 0 saturated carbocycles. The zero-order valence-corrected chi connectivity index (χ0v) is 9.91. The molecular formula is C12H22N2O2. The van der Waals surface area contributed by atoms with E-state index in [1.165, 1.54) is 12.8 Å². The lowest BCUT2D eigenvalue weighted by Gasteiger charge is -2.20. The van der Waals surface area contributed by atoms with Crippen molar-refractivity contribution >= 4 is 11.8 Å². The molecule has 0 atom stereocenters. The van der Waals surface area contributed by atoms with Gasteiger partial charge < -0.3 is 10.6 Å². The highest BCUT2D eigenvalue weighted by atomic mass is 16.2. The molecule has 16 heavy (non-hydrogen) atoms. The smallest absolute Gasteiger partial charge is 0.222 e. The van der Waals surface area contributed by atoms with Crippen LogP contribution in [-0.4, -0.2) is 29.8 Å². The number of nitrogens with zero attached hydrogens (tertiary/aromatic N) is 1. The predicted molar refractivity (Wildman–Crippen MR) is 62.7 cm³/mol. The number of likely N-dealkylation sites (tertiary alicyclic amines) is 1. The number of hydrogen-bond acceptors (Lipinski definition) is 2. The van der Waals surface area contributed by atoms with Gasteiger partial charge in [0, 0.05) is 25.9 Å². The Labute approximate surface area is 97.2 Å². The molecular weight excluding hydrogens is 204 g/mol. The first-order valence-electron chi connectivity index (χ1n) is 6.26. The summed E-state index contributed by atoms with van der Waals surface area (Å²) in [5.74, 6) is -0.0337. The lowest BCUT2D eigenvalue weighted by Crippen LogP contribution is -2.31. The largest absolute Gasteiger partial charge is 0.370 e. The minimum absolute atomic E-state index is 0.242. The van der Waals surface area contributed by atoms with Crippen LogP contribution < -0.4 is 5.73 Å². The minimum atomic E-state index is -0.276. The summed E-state index contributed by atoms with van der Waals surface area (Å²) in [5.41, 5.74) is 5.04. The monoisotopic (exact) mass is 226 g/mol. The van der Waals surface area contributed by atoms with Crippen molar-refractivity contribution in [2.45, 2.75) is 51.4 Å². The lowest BCUT2D eigenvalue weighted by atomic mass is 10.1. The lowest BCUT2D eigenvalue weighted by molar-refractivity contribution is -0.131. The Balaban J connectivity index is 2.15. The first-order valence-corrected chi connectivity index (χ1v) is 6.26. The SMILES string of the molecule is NC(=O)CCCCC(=O)N1CCCCCC1. The molecule has 2 amide bonds. The summed E-state index contributed by atoms with van der Waals surface area (Å²) < 4.78 is 0. The Bertz CT molecular complexity index is 233. The van der Waals surface area contributed by atoms with Gasteiger partial charge >= 0.3 is 0 Å². The molecule has 0 bridgehead atoms. The molecule has 1 aliphatic heterocycles. The fourth-order valence-corrected chi connectivity index (χ4v) is 2.05. The highest BCUT2D eigenvalue weighted by Crippen LogP contribution is 2.12. The van der Waals surface area contributed by atoms with Gasteiger partial charge in [0.1, 0.15) is 0 Å². The maximum atomic E-state index is 11.8. The summed E-state index contributed by atoms with van der Waals surface area (Å²) in [6.07, 6.45) is 7.21. The summed E-state index contributed by atoms with van der Waals surface area (Å²) in [5, 5.41) is 0. The standard InChI is InChI=1S/C12H22N2O2/c13-11(15)7-3-4-8-12(16)14-9-5-1-2-6-10-14/h1-10H2,(H2,13,15). The zero-order chi connectivity index (χ0) is 11.8. The van der Waals surface area contributed by atoms with Crippen LogP contribution in [0, 0.1) is 0 Å². The molecule has 0 unspecified atom stereocenters. The maximum absolute atomic E-state index is 11.8. The van der Waals surface area contributed by atoms with Gasteiger partial charge in [-0.25, -0.2) is 0 Å². The van der Waals surface area contributed by atoms with E-state index in [1.54, 1.807) is 0 Å². The summed E-state index contributed by atoms with van der Waals surface area (Å²) in [6, 6.07) is 0. The summed E-state index contributed by atoms with van der Waals surface area (Å²) >= 11 is 0. The summed E-state index contributed by atoms with van der Waals surface area (Å²) in [6.45, 7) is 1.82. The quantitative estimate of drug-likeness (QED) is 0.721. The van der Waals surface area contributed by atoms with Crippen LogP contribution in [0.1, 0.15) is 51.4 Å². The second kappa shape index (κ2) is 7.25. The highest BCUT2D eigenvalue weighted by Gasteiger charge is 2.14. The topological polar surface area (TPSA) is 63.4 Å². The molecule has 0 aromatic carbocycles. The van der Waals surface area contributed by atoms with Gasteiger partial charge in [-0.2, -0.15) is 0 Å². The predicted octanol–water partition coefficient (Wildman–Crippen LogP) is 1.43. The Morgan fingerprint density at radius 1 is 0.938 bits per heavy atom. The molecule has 4 heteroatoms. The molecule has 92 valence electrons. The van der Waals surface area contributed by atoms with Gasteiger partial charge in [0.15, 0.2) is 0 Å². The molecule has 0 aromatic rings. The molecule has 0 aromatic heterocycles. The van der Waals surface area contributed by atoms with Gasteiger partial charge in [-0.15, -0.1) is 0 Å². The average molecular weight is 226 g/mol. The molecule has 1 rings (SSSR count). The molecule has 1 heterocycles. The van der Waals surface area contributed by atoms with Gasteiger partial charge in [0.2, 0.25) is 11.8 Å². The van der Waals surface area contributed by atoms with Crippen LogP contribution in [-0.2, 0) is 9.59 Å². The van der Waals surface area contributed by atoms with Crippen LogP contribution in [0.3, 0.4) is 0 Å². The third kappa shape index (κ3) is 5.14. The fourth-order valence-electron chi connectivity index (χ4n) is 2.05. The number of unbranched alkanes of at least 4 members (excludes halogenated alkanes) is 1. The van der Waals surface area contributed by atoms with Crippen LogP contribution in [0.15, 0.2) is 0 Å². The molecule has 0 spiro atoms. The third-order valence-corrected chi connectivity index (χ3v) is 3.02. The normalized spacial score (nSPS) is 16.9. The molecule has 1 saturated heterocycles. The maximum Gasteiger partial charge on any atom is 0.222 e. The number of carbonyl (C=O) groups excluding carboxylic acids is 2. The summed E-state index contributed by atoms with van der Waals surface area (Å²) in [7, 11) is 0. The number of amides is 2. The van der Waals surface area contributed by atoms with E-state index in [1.807, 2.05) is 4.90 Å². The number of rotatable bonds is 5. The second-order valence-electron chi connectivity index (χ2n) is 4.47. The molecule has 0 aliphatic carbocycles. The van der Waals surface area contributed by atoms with Crippen LogP contribution in [0.2, 0.25) is 0 Å². The molecule has 4 nitrogen and oxygen atoms in total. The van der Waals surface area contributed by atoms with E-state index in [4.69, 9.17) is 5.73 Å². The van der Waals surface area contributed by atoms with Crippen molar-refractivity contribution in [3.8, 4) is 0 Å². The molecule has 1 fully saturated rings. The molecule has 0 radical (unpaired) electrons. The fraction of sp³-hybridized carbons (Fsp3) is 0.833. The van der Waals surface area contributed by atoms with Crippen LogP contribution in [0.4, 0.5) is 0 Å². The molecule has 2 N–H and O–H groups in total. The zero-order valence-electron chi connectivity index (χ0n) is 9.91. The minimum Gasteiger partial charge on any atom is -0.370 e. The molecule has 1 aliphatic rings. The van der Waals surface area contributed by atoms with E-state index >= 15 is 0 Å². The van der Waals surface area contributed by atoms with Gasteiger partial charge in [0.05, 0.1) is 0 Å². The number of nitrogens with two attached hydrogens (primary N) is 1. The van der Waals surface area contributed by atoms with Crippen molar-refractivity contribution in [1.82, 2.24) is 4.90 Å². The second-order valence-corrected chi connectivity index (χ2v) is 4.47. The Kier molecular flexibility index (Phi) is 5.90. The first kappa shape index (κ1) is 13.0. The van der Waals surface area contributed by atoms with Crippen LogP contribution >= 0.6 is 0 Å². The van der Waals surface area contributed by atoms with Crippen molar-refractivity contribution in [3.63, 3.8) is 0 Å². The van der Waals surface area contributed by atoms with Crippen molar-refractivity contribution in [2.24, 2.45) is 5.73 Å². The average Bonchev–Trinajstić information content (AvgIpc) is 2.52. The number of carbonyl (C=O) groups is 2. The number of hydrogen-bond donors (Lipinski definition) is 1. The number of primary amides is 1. The van der Waals surface area contributed by atoms with Crippen molar-refractivity contribution in [1.29, 1.82) is 0 Å². The Morgan fingerprint density at radius 2 is 1.50 bits per heavy atom. The van der Waals surface area contributed by atoms with Crippen molar-refractivity contribution < 1.29 is 9.59 Å². The van der Waals surface area contributed by atoms with Crippen LogP contribution in [0.25, 0.3) is 0 Å².